The van der Waals surface area contributed by atoms with Gasteiger partial charge in [-0.15, -0.1) is 0 Å². The van der Waals surface area contributed by atoms with Crippen molar-refractivity contribution in [1.29, 1.82) is 0 Å². The van der Waals surface area contributed by atoms with Crippen molar-refractivity contribution in [3.8, 4) is 0 Å². The van der Waals surface area contributed by atoms with Gasteiger partial charge in [-0.25, -0.2) is 0 Å². The summed E-state index contributed by atoms with van der Waals surface area (Å²) >= 11 is 0. The molecule has 1 fully saturated rings. The summed E-state index contributed by atoms with van der Waals surface area (Å²) in [4.78, 5) is 10.7. The van der Waals surface area contributed by atoms with E-state index in [2.05, 4.69) is 19.2 Å². The smallest absolute Gasteiger partial charge is 0.224 e. The van der Waals surface area contributed by atoms with E-state index in [-0.39, 0.29) is 5.91 Å². The van der Waals surface area contributed by atoms with Crippen LogP contribution >= 0.6 is 0 Å². The van der Waals surface area contributed by atoms with Gasteiger partial charge in [0.05, 0.1) is 5.92 Å². The van der Waals surface area contributed by atoms with Gasteiger partial charge in [0.15, 0.2) is 0 Å². The zero-order chi connectivity index (χ0) is 6.85. The molecule has 0 aromatic carbocycles. The fourth-order valence-corrected chi connectivity index (χ4v) is 1.09. The van der Waals surface area contributed by atoms with Crippen LogP contribution in [0.3, 0.4) is 0 Å². The first-order valence-electron chi connectivity index (χ1n) is 3.48. The van der Waals surface area contributed by atoms with E-state index in [0.29, 0.717) is 11.8 Å². The Morgan fingerprint density at radius 2 is 2.44 bits per heavy atom. The summed E-state index contributed by atoms with van der Waals surface area (Å²) in [5, 5.41) is 2.72. The molecular weight excluding hydrogens is 114 g/mol. The fourth-order valence-electron chi connectivity index (χ4n) is 1.09. The summed E-state index contributed by atoms with van der Waals surface area (Å²) in [6.45, 7) is 5.19. The second-order valence-electron chi connectivity index (χ2n) is 3.07. The summed E-state index contributed by atoms with van der Waals surface area (Å²) in [6.07, 6.45) is 1.05. The van der Waals surface area contributed by atoms with E-state index in [4.69, 9.17) is 0 Å². The third-order valence-corrected chi connectivity index (χ3v) is 1.65. The van der Waals surface area contributed by atoms with Gasteiger partial charge in [-0.2, -0.15) is 0 Å². The van der Waals surface area contributed by atoms with Gasteiger partial charge in [-0.3, -0.25) is 4.79 Å². The van der Waals surface area contributed by atoms with Crippen LogP contribution in [-0.4, -0.2) is 12.5 Å². The highest BCUT2D eigenvalue weighted by atomic mass is 16.2. The summed E-state index contributed by atoms with van der Waals surface area (Å²) in [6, 6.07) is 0. The summed E-state index contributed by atoms with van der Waals surface area (Å²) in [5.41, 5.74) is 0. The van der Waals surface area contributed by atoms with E-state index in [1.54, 1.807) is 0 Å². The predicted octanol–water partition coefficient (Wildman–Crippen LogP) is 0.778. The highest BCUT2D eigenvalue weighted by Gasteiger charge is 2.27. The molecule has 1 unspecified atom stereocenters. The van der Waals surface area contributed by atoms with E-state index >= 15 is 0 Å². The van der Waals surface area contributed by atoms with Crippen molar-refractivity contribution in [3.63, 3.8) is 0 Å². The summed E-state index contributed by atoms with van der Waals surface area (Å²) < 4.78 is 0. The van der Waals surface area contributed by atoms with Crippen molar-refractivity contribution in [2.24, 2.45) is 11.8 Å². The van der Waals surface area contributed by atoms with Gasteiger partial charge in [0.1, 0.15) is 0 Å². The van der Waals surface area contributed by atoms with E-state index in [1.165, 1.54) is 0 Å². The lowest BCUT2D eigenvalue weighted by atomic mass is 9.92. The third-order valence-electron chi connectivity index (χ3n) is 1.65. The molecule has 1 heterocycles. The molecule has 1 saturated heterocycles. The van der Waals surface area contributed by atoms with Crippen LogP contribution in [0.4, 0.5) is 0 Å². The van der Waals surface area contributed by atoms with Crippen LogP contribution < -0.4 is 5.32 Å². The molecule has 0 saturated carbocycles. The zero-order valence-corrected chi connectivity index (χ0v) is 5.98. The highest BCUT2D eigenvalue weighted by Crippen LogP contribution is 2.15. The SMILES string of the molecule is CC(C)CC1CNC1=O. The van der Waals surface area contributed by atoms with Gasteiger partial charge >= 0.3 is 0 Å². The molecule has 1 aliphatic heterocycles. The summed E-state index contributed by atoms with van der Waals surface area (Å²) in [7, 11) is 0. The molecule has 0 aromatic rings. The number of hydrogen-bond acceptors (Lipinski definition) is 1. The average molecular weight is 127 g/mol. The molecule has 1 rings (SSSR count). The lowest BCUT2D eigenvalue weighted by Gasteiger charge is -2.26. The lowest BCUT2D eigenvalue weighted by Crippen LogP contribution is -2.48. The van der Waals surface area contributed by atoms with Crippen molar-refractivity contribution >= 4 is 5.91 Å². The largest absolute Gasteiger partial charge is 0.355 e. The highest BCUT2D eigenvalue weighted by molar-refractivity contribution is 5.84. The molecule has 0 spiro atoms. The van der Waals surface area contributed by atoms with Crippen molar-refractivity contribution in [2.45, 2.75) is 20.3 Å². The van der Waals surface area contributed by atoms with Gasteiger partial charge < -0.3 is 5.32 Å². The van der Waals surface area contributed by atoms with Gasteiger partial charge in [-0.1, -0.05) is 13.8 Å². The van der Waals surface area contributed by atoms with Crippen LogP contribution in [0, 0.1) is 11.8 Å². The second kappa shape index (κ2) is 2.38. The van der Waals surface area contributed by atoms with Crippen molar-refractivity contribution in [2.75, 3.05) is 6.54 Å². The van der Waals surface area contributed by atoms with Crippen LogP contribution in [0.5, 0.6) is 0 Å². The zero-order valence-electron chi connectivity index (χ0n) is 5.98. The Hall–Kier alpha value is -0.530. The fraction of sp³-hybridized carbons (Fsp3) is 0.857. The maximum absolute atomic E-state index is 10.7. The lowest BCUT2D eigenvalue weighted by molar-refractivity contribution is -0.131. The second-order valence-corrected chi connectivity index (χ2v) is 3.07. The average Bonchev–Trinajstić information content (AvgIpc) is 1.79. The third kappa shape index (κ3) is 1.44. The molecule has 1 atom stereocenters. The molecule has 2 heteroatoms. The number of carbonyl (C=O) groups is 1. The molecule has 0 bridgehead atoms. The van der Waals surface area contributed by atoms with E-state index in [0.717, 1.165) is 13.0 Å². The van der Waals surface area contributed by atoms with Gasteiger partial charge in [0, 0.05) is 6.54 Å². The minimum Gasteiger partial charge on any atom is -0.355 e. The monoisotopic (exact) mass is 127 g/mol. The molecule has 0 aromatic heterocycles. The molecule has 1 N–H and O–H groups in total. The number of carbonyl (C=O) groups excluding carboxylic acids is 1. The van der Waals surface area contributed by atoms with Crippen LogP contribution in [0.25, 0.3) is 0 Å². The van der Waals surface area contributed by atoms with Crippen LogP contribution in [0.15, 0.2) is 0 Å². The number of rotatable bonds is 2. The quantitative estimate of drug-likeness (QED) is 0.546. The first-order valence-corrected chi connectivity index (χ1v) is 3.48. The Kier molecular flexibility index (Phi) is 1.74. The normalized spacial score (nSPS) is 25.7. The Balaban J connectivity index is 2.21. The number of hydrogen-bond donors (Lipinski definition) is 1. The Bertz CT molecular complexity index is 120. The minimum absolute atomic E-state index is 0.240. The van der Waals surface area contributed by atoms with Crippen molar-refractivity contribution in [3.05, 3.63) is 0 Å². The molecular formula is C7H13NO. The molecule has 9 heavy (non-hydrogen) atoms. The topological polar surface area (TPSA) is 29.1 Å². The van der Waals surface area contributed by atoms with E-state index in [1.807, 2.05) is 0 Å². The van der Waals surface area contributed by atoms with Crippen molar-refractivity contribution in [1.82, 2.24) is 5.32 Å². The van der Waals surface area contributed by atoms with Crippen LogP contribution in [0.1, 0.15) is 20.3 Å². The Labute approximate surface area is 55.6 Å². The van der Waals surface area contributed by atoms with Gasteiger partial charge in [-0.05, 0) is 12.3 Å². The van der Waals surface area contributed by atoms with Crippen LogP contribution in [0.2, 0.25) is 0 Å². The first kappa shape index (κ1) is 6.59. The maximum atomic E-state index is 10.7. The number of β-lactam (4-membered cyclic amide) rings is 1. The van der Waals surface area contributed by atoms with Gasteiger partial charge in [0.25, 0.3) is 0 Å². The Morgan fingerprint density at radius 1 is 1.78 bits per heavy atom. The molecule has 0 radical (unpaired) electrons. The van der Waals surface area contributed by atoms with E-state index in [9.17, 15) is 4.79 Å². The standard InChI is InChI=1S/C7H13NO/c1-5(2)3-6-4-8-7(6)9/h5-6H,3-4H2,1-2H3,(H,8,9). The summed E-state index contributed by atoms with van der Waals surface area (Å²) in [5.74, 6) is 1.22. The van der Waals surface area contributed by atoms with Gasteiger partial charge in [0.2, 0.25) is 5.91 Å². The molecule has 1 aliphatic rings. The molecule has 1 amide bonds. The Morgan fingerprint density at radius 3 is 2.56 bits per heavy atom. The maximum Gasteiger partial charge on any atom is 0.224 e. The van der Waals surface area contributed by atoms with Crippen molar-refractivity contribution < 1.29 is 4.79 Å². The molecule has 0 aliphatic carbocycles. The van der Waals surface area contributed by atoms with E-state index < -0.39 is 0 Å². The first-order chi connectivity index (χ1) is 4.20. The predicted molar refractivity (Wildman–Crippen MR) is 36.0 cm³/mol. The number of nitrogens with one attached hydrogen (secondary N) is 1. The van der Waals surface area contributed by atoms with Crippen LogP contribution in [-0.2, 0) is 4.79 Å². The minimum atomic E-state index is 0.240. The molecule has 2 nitrogen and oxygen atoms in total. The molecule has 52 valence electrons. The number of amides is 1.